The summed E-state index contributed by atoms with van der Waals surface area (Å²) in [6.07, 6.45) is -0.669. The average Bonchev–Trinajstić information content (AvgIpc) is 2.81. The van der Waals surface area contributed by atoms with Crippen molar-refractivity contribution >= 4 is 39.9 Å². The Morgan fingerprint density at radius 2 is 1.77 bits per heavy atom. The van der Waals surface area contributed by atoms with E-state index < -0.39 is 41.1 Å². The number of ketones is 1. The van der Waals surface area contributed by atoms with Gasteiger partial charge >= 0.3 is 6.18 Å². The highest BCUT2D eigenvalue weighted by molar-refractivity contribution is 6.30. The average molecular weight is 500 g/mol. The Kier molecular flexibility index (Phi) is 6.45. The third kappa shape index (κ3) is 5.09. The van der Waals surface area contributed by atoms with Crippen LogP contribution in [0.3, 0.4) is 0 Å². The van der Waals surface area contributed by atoms with Crippen LogP contribution in [0.2, 0.25) is 5.02 Å². The third-order valence-corrected chi connectivity index (χ3v) is 5.53. The number of pyridine rings is 2. The van der Waals surface area contributed by atoms with Gasteiger partial charge in [0.1, 0.15) is 6.54 Å². The fourth-order valence-corrected chi connectivity index (χ4v) is 3.84. The van der Waals surface area contributed by atoms with Gasteiger partial charge in [-0.15, -0.1) is 0 Å². The molecule has 10 heteroatoms. The molecule has 4 rings (SSSR count). The number of rotatable bonds is 5. The van der Waals surface area contributed by atoms with Crippen molar-refractivity contribution in [3.8, 4) is 0 Å². The van der Waals surface area contributed by atoms with Gasteiger partial charge in [-0.3, -0.25) is 19.4 Å². The molecule has 0 spiro atoms. The van der Waals surface area contributed by atoms with Gasteiger partial charge in [0.15, 0.2) is 5.78 Å². The molecule has 178 valence electrons. The molecule has 0 atom stereocenters. The molecule has 2 aromatic heterocycles. The minimum absolute atomic E-state index is 0.128. The zero-order valence-corrected chi connectivity index (χ0v) is 18.9. The van der Waals surface area contributed by atoms with E-state index in [1.807, 2.05) is 0 Å². The van der Waals surface area contributed by atoms with Crippen molar-refractivity contribution in [3.05, 3.63) is 105 Å². The number of nitrogens with zero attached hydrogens (tertiary/aromatic N) is 2. The van der Waals surface area contributed by atoms with Crippen molar-refractivity contribution in [2.75, 3.05) is 5.32 Å². The monoisotopic (exact) mass is 499 g/mol. The number of amides is 1. The van der Waals surface area contributed by atoms with Crippen molar-refractivity contribution in [3.63, 3.8) is 0 Å². The molecule has 0 saturated heterocycles. The number of carbonyl (C=O) groups excluding carboxylic acids is 2. The zero-order chi connectivity index (χ0) is 25.3. The molecule has 0 aliphatic rings. The molecule has 0 saturated carbocycles. The number of carbonyl (C=O) groups is 2. The summed E-state index contributed by atoms with van der Waals surface area (Å²) in [5.74, 6) is -1.35. The molecule has 0 fully saturated rings. The predicted molar refractivity (Wildman–Crippen MR) is 126 cm³/mol. The molecule has 4 aromatic rings. The van der Waals surface area contributed by atoms with Crippen LogP contribution in [0.5, 0.6) is 0 Å². The van der Waals surface area contributed by atoms with Crippen molar-refractivity contribution in [1.29, 1.82) is 0 Å². The van der Waals surface area contributed by atoms with Crippen molar-refractivity contribution in [2.45, 2.75) is 19.6 Å². The van der Waals surface area contributed by atoms with Gasteiger partial charge in [-0.05, 0) is 49.4 Å². The Balaban J connectivity index is 1.76. The number of hydrogen-bond acceptors (Lipinski definition) is 4. The number of fused-ring (bicyclic) bond motifs is 1. The van der Waals surface area contributed by atoms with Crippen LogP contribution in [0.15, 0.2) is 71.9 Å². The standard InChI is InChI=1S/C25H17ClF3N3O3/c1-14-2-5-21-17(10-14)24(35)18(23(34)15-6-8-30-9-7-15)12-32(21)13-22(33)31-20-4-3-16(26)11-19(20)25(27,28)29/h2-12H,13H2,1H3,(H,31,33). The molecular formula is C25H17ClF3N3O3. The summed E-state index contributed by atoms with van der Waals surface area (Å²) in [7, 11) is 0. The number of anilines is 1. The molecule has 2 aromatic carbocycles. The second-order valence-electron chi connectivity index (χ2n) is 7.82. The maximum absolute atomic E-state index is 13.4. The van der Waals surface area contributed by atoms with Crippen molar-refractivity contribution in [2.24, 2.45) is 0 Å². The molecule has 0 aliphatic heterocycles. The second kappa shape index (κ2) is 9.34. The van der Waals surface area contributed by atoms with Gasteiger partial charge in [-0.2, -0.15) is 13.2 Å². The van der Waals surface area contributed by atoms with Gasteiger partial charge in [0.05, 0.1) is 22.3 Å². The summed E-state index contributed by atoms with van der Waals surface area (Å²) in [5.41, 5.74) is -0.891. The van der Waals surface area contributed by atoms with E-state index >= 15 is 0 Å². The van der Waals surface area contributed by atoms with Crippen LogP contribution in [0.4, 0.5) is 18.9 Å². The van der Waals surface area contributed by atoms with E-state index in [1.54, 1.807) is 25.1 Å². The van der Waals surface area contributed by atoms with E-state index in [1.165, 1.54) is 41.4 Å². The lowest BCUT2D eigenvalue weighted by Crippen LogP contribution is -2.25. The fourth-order valence-electron chi connectivity index (χ4n) is 3.67. The van der Waals surface area contributed by atoms with Crippen LogP contribution >= 0.6 is 11.6 Å². The molecule has 0 unspecified atom stereocenters. The second-order valence-corrected chi connectivity index (χ2v) is 8.26. The molecule has 1 amide bonds. The van der Waals surface area contributed by atoms with Crippen LogP contribution in [0.25, 0.3) is 10.9 Å². The van der Waals surface area contributed by atoms with Crippen molar-refractivity contribution < 1.29 is 22.8 Å². The van der Waals surface area contributed by atoms with Crippen molar-refractivity contribution in [1.82, 2.24) is 9.55 Å². The predicted octanol–water partition coefficient (Wildman–Crippen LogP) is 5.25. The zero-order valence-electron chi connectivity index (χ0n) is 18.2. The smallest absolute Gasteiger partial charge is 0.337 e. The lowest BCUT2D eigenvalue weighted by Gasteiger charge is -2.16. The summed E-state index contributed by atoms with van der Waals surface area (Å²) in [6.45, 7) is 1.32. The van der Waals surface area contributed by atoms with Gasteiger partial charge in [0.25, 0.3) is 0 Å². The minimum Gasteiger partial charge on any atom is -0.337 e. The minimum atomic E-state index is -4.74. The summed E-state index contributed by atoms with van der Waals surface area (Å²) >= 11 is 5.70. The number of benzene rings is 2. The van der Waals surface area contributed by atoms with Gasteiger partial charge in [-0.25, -0.2) is 0 Å². The first-order valence-corrected chi connectivity index (χ1v) is 10.7. The van der Waals surface area contributed by atoms with Crippen LogP contribution in [0.1, 0.15) is 27.0 Å². The van der Waals surface area contributed by atoms with E-state index in [-0.39, 0.29) is 21.5 Å². The first-order valence-electron chi connectivity index (χ1n) is 10.3. The number of halogens is 4. The number of nitrogens with one attached hydrogen (secondary N) is 1. The number of aryl methyl sites for hydroxylation is 1. The summed E-state index contributed by atoms with van der Waals surface area (Å²) in [4.78, 5) is 42.8. The van der Waals surface area contributed by atoms with Gasteiger partial charge in [0.2, 0.25) is 11.3 Å². The highest BCUT2D eigenvalue weighted by Crippen LogP contribution is 2.36. The Bertz CT molecular complexity index is 1520. The van der Waals surface area contributed by atoms with E-state index in [4.69, 9.17) is 11.6 Å². The van der Waals surface area contributed by atoms with E-state index in [0.29, 0.717) is 5.52 Å². The Labute approximate surface area is 202 Å². The molecule has 0 radical (unpaired) electrons. The molecule has 35 heavy (non-hydrogen) atoms. The number of alkyl halides is 3. The SMILES string of the molecule is Cc1ccc2c(c1)c(=O)c(C(=O)c1ccncc1)cn2CC(=O)Nc1ccc(Cl)cc1C(F)(F)F. The quantitative estimate of drug-likeness (QED) is 0.380. The van der Waals surface area contributed by atoms with Gasteiger partial charge in [0, 0.05) is 34.6 Å². The normalized spacial score (nSPS) is 11.5. The number of hydrogen-bond donors (Lipinski definition) is 1. The van der Waals surface area contributed by atoms with Crippen LogP contribution in [-0.4, -0.2) is 21.2 Å². The highest BCUT2D eigenvalue weighted by atomic mass is 35.5. The maximum Gasteiger partial charge on any atom is 0.418 e. The Morgan fingerprint density at radius 3 is 2.46 bits per heavy atom. The van der Waals surface area contributed by atoms with E-state index in [9.17, 15) is 27.6 Å². The highest BCUT2D eigenvalue weighted by Gasteiger charge is 2.34. The lowest BCUT2D eigenvalue weighted by molar-refractivity contribution is -0.137. The first kappa shape index (κ1) is 24.2. The molecule has 1 N–H and O–H groups in total. The van der Waals surface area contributed by atoms with E-state index in [2.05, 4.69) is 10.3 Å². The first-order chi connectivity index (χ1) is 16.5. The summed E-state index contributed by atoms with van der Waals surface area (Å²) in [5, 5.41) is 2.33. The summed E-state index contributed by atoms with van der Waals surface area (Å²) < 4.78 is 41.6. The lowest BCUT2D eigenvalue weighted by atomic mass is 10.0. The van der Waals surface area contributed by atoms with Gasteiger partial charge in [-0.1, -0.05) is 23.2 Å². The Hall–Kier alpha value is -3.98. The third-order valence-electron chi connectivity index (χ3n) is 5.30. The number of aromatic nitrogens is 2. The van der Waals surface area contributed by atoms with Gasteiger partial charge < -0.3 is 9.88 Å². The summed E-state index contributed by atoms with van der Waals surface area (Å²) in [6, 6.07) is 10.9. The fraction of sp³-hybridized carbons (Fsp3) is 0.120. The van der Waals surface area contributed by atoms with Crippen LogP contribution in [0, 0.1) is 6.92 Å². The molecule has 0 bridgehead atoms. The Morgan fingerprint density at radius 1 is 1.06 bits per heavy atom. The molecule has 2 heterocycles. The molecule has 6 nitrogen and oxygen atoms in total. The van der Waals surface area contributed by atoms with E-state index in [0.717, 1.165) is 17.7 Å². The largest absolute Gasteiger partial charge is 0.418 e. The van der Waals surface area contributed by atoms with Crippen LogP contribution in [-0.2, 0) is 17.5 Å². The topological polar surface area (TPSA) is 81.1 Å². The maximum atomic E-state index is 13.4. The van der Waals surface area contributed by atoms with Crippen LogP contribution < -0.4 is 10.7 Å². The molecular weight excluding hydrogens is 483 g/mol. The molecule has 0 aliphatic carbocycles.